The maximum Gasteiger partial charge on any atom is 0.0936 e. The van der Waals surface area contributed by atoms with E-state index >= 15 is 0 Å². The summed E-state index contributed by atoms with van der Waals surface area (Å²) >= 11 is 0. The summed E-state index contributed by atoms with van der Waals surface area (Å²) in [7, 11) is 0. The number of piperidine rings is 1. The van der Waals surface area contributed by atoms with Crippen LogP contribution in [0.5, 0.6) is 0 Å². The molecule has 0 aliphatic carbocycles. The summed E-state index contributed by atoms with van der Waals surface area (Å²) in [6.45, 7) is 4.10. The van der Waals surface area contributed by atoms with Gasteiger partial charge >= 0.3 is 0 Å². The van der Waals surface area contributed by atoms with E-state index in [-0.39, 0.29) is 6.10 Å². The molecule has 0 spiro atoms. The number of aliphatic hydroxyl groups excluding tert-OH is 1. The molecule has 1 unspecified atom stereocenters. The molecule has 0 radical (unpaired) electrons. The Morgan fingerprint density at radius 2 is 2.00 bits per heavy atom. The van der Waals surface area contributed by atoms with Gasteiger partial charge in [-0.3, -0.25) is 0 Å². The number of nitrogens with zero attached hydrogens (tertiary/aromatic N) is 1. The van der Waals surface area contributed by atoms with Gasteiger partial charge in [-0.05, 0) is 12.8 Å². The van der Waals surface area contributed by atoms with E-state index < -0.39 is 0 Å². The Morgan fingerprint density at radius 1 is 1.36 bits per heavy atom. The first-order valence-electron chi connectivity index (χ1n) is 4.36. The van der Waals surface area contributed by atoms with Crippen molar-refractivity contribution in [2.75, 3.05) is 26.2 Å². The Kier molecular flexibility index (Phi) is 2.11. The highest BCUT2D eigenvalue weighted by Crippen LogP contribution is 2.15. The van der Waals surface area contributed by atoms with E-state index in [1.54, 1.807) is 0 Å². The predicted molar refractivity (Wildman–Crippen MR) is 41.4 cm³/mol. The third kappa shape index (κ3) is 2.15. The molecule has 64 valence electrons. The number of aliphatic hydroxyl groups is 1. The largest absolute Gasteiger partial charge is 0.393 e. The minimum atomic E-state index is -0.0497. The van der Waals surface area contributed by atoms with Gasteiger partial charge in [-0.1, -0.05) is 0 Å². The fourth-order valence-electron chi connectivity index (χ4n) is 1.56. The van der Waals surface area contributed by atoms with Crippen molar-refractivity contribution in [3.05, 3.63) is 0 Å². The molecule has 3 heteroatoms. The minimum absolute atomic E-state index is 0.0497. The molecule has 2 aliphatic heterocycles. The van der Waals surface area contributed by atoms with Crippen molar-refractivity contribution >= 4 is 0 Å². The molecule has 0 aromatic rings. The van der Waals surface area contributed by atoms with Gasteiger partial charge in [0.2, 0.25) is 0 Å². The van der Waals surface area contributed by atoms with Gasteiger partial charge < -0.3 is 14.7 Å². The van der Waals surface area contributed by atoms with Crippen LogP contribution in [0.15, 0.2) is 0 Å². The highest BCUT2D eigenvalue weighted by molar-refractivity contribution is 4.78. The van der Waals surface area contributed by atoms with Gasteiger partial charge in [-0.25, -0.2) is 0 Å². The van der Waals surface area contributed by atoms with Gasteiger partial charge in [-0.15, -0.1) is 0 Å². The highest BCUT2D eigenvalue weighted by atomic mass is 16.6. The molecule has 2 heterocycles. The molecule has 0 saturated carbocycles. The van der Waals surface area contributed by atoms with Gasteiger partial charge in [0.05, 0.1) is 18.8 Å². The van der Waals surface area contributed by atoms with Crippen LogP contribution < -0.4 is 0 Å². The second kappa shape index (κ2) is 3.09. The lowest BCUT2D eigenvalue weighted by Crippen LogP contribution is -2.37. The van der Waals surface area contributed by atoms with Gasteiger partial charge in [0, 0.05) is 19.6 Å². The van der Waals surface area contributed by atoms with Crippen LogP contribution in [0.2, 0.25) is 0 Å². The maximum absolute atomic E-state index is 9.22. The predicted octanol–water partition coefficient (Wildman–Crippen LogP) is -0.158. The molecule has 0 bridgehead atoms. The standard InChI is InChI=1S/C8H15NO2/c10-7-1-3-9(4-2-7)5-8-6-11-8/h7-8,10H,1-6H2. The molecule has 2 saturated heterocycles. The molecule has 2 rings (SSSR count). The molecule has 2 aliphatic rings. The summed E-state index contributed by atoms with van der Waals surface area (Å²) in [5.74, 6) is 0. The van der Waals surface area contributed by atoms with Crippen LogP contribution in [-0.4, -0.2) is 48.5 Å². The molecule has 2 fully saturated rings. The van der Waals surface area contributed by atoms with E-state index in [1.165, 1.54) is 0 Å². The summed E-state index contributed by atoms with van der Waals surface area (Å²) in [4.78, 5) is 2.38. The summed E-state index contributed by atoms with van der Waals surface area (Å²) < 4.78 is 5.13. The Morgan fingerprint density at radius 3 is 2.55 bits per heavy atom. The second-order valence-electron chi connectivity index (χ2n) is 3.49. The summed E-state index contributed by atoms with van der Waals surface area (Å²) in [6, 6.07) is 0. The zero-order valence-electron chi connectivity index (χ0n) is 6.70. The second-order valence-corrected chi connectivity index (χ2v) is 3.49. The Bertz CT molecular complexity index is 128. The third-order valence-corrected chi connectivity index (χ3v) is 2.42. The maximum atomic E-state index is 9.22. The van der Waals surface area contributed by atoms with E-state index in [1.807, 2.05) is 0 Å². The lowest BCUT2D eigenvalue weighted by molar-refractivity contribution is 0.0791. The molecule has 0 aromatic heterocycles. The SMILES string of the molecule is OC1CCN(CC2CO2)CC1. The van der Waals surface area contributed by atoms with Crippen molar-refractivity contribution in [1.82, 2.24) is 4.90 Å². The van der Waals surface area contributed by atoms with E-state index in [2.05, 4.69) is 4.90 Å². The molecular formula is C8H15NO2. The first-order valence-corrected chi connectivity index (χ1v) is 4.36. The Labute approximate surface area is 66.9 Å². The quantitative estimate of drug-likeness (QED) is 0.566. The minimum Gasteiger partial charge on any atom is -0.393 e. The van der Waals surface area contributed by atoms with Crippen molar-refractivity contribution in [2.24, 2.45) is 0 Å². The third-order valence-electron chi connectivity index (χ3n) is 2.42. The summed E-state index contributed by atoms with van der Waals surface area (Å²) in [5.41, 5.74) is 0. The lowest BCUT2D eigenvalue weighted by atomic mass is 10.1. The van der Waals surface area contributed by atoms with Crippen LogP contribution in [-0.2, 0) is 4.74 Å². The van der Waals surface area contributed by atoms with E-state index in [4.69, 9.17) is 4.74 Å². The van der Waals surface area contributed by atoms with Gasteiger partial charge in [0.15, 0.2) is 0 Å². The van der Waals surface area contributed by atoms with E-state index in [0.29, 0.717) is 6.10 Å². The normalized spacial score (nSPS) is 34.1. The molecule has 0 aromatic carbocycles. The van der Waals surface area contributed by atoms with Gasteiger partial charge in [0.1, 0.15) is 0 Å². The van der Waals surface area contributed by atoms with Crippen LogP contribution >= 0.6 is 0 Å². The molecule has 0 amide bonds. The molecule has 1 N–H and O–H groups in total. The molecule has 1 atom stereocenters. The zero-order chi connectivity index (χ0) is 7.68. The summed E-state index contributed by atoms with van der Waals surface area (Å²) in [6.07, 6.45) is 2.33. The number of hydrogen-bond acceptors (Lipinski definition) is 3. The topological polar surface area (TPSA) is 36.0 Å². The van der Waals surface area contributed by atoms with Gasteiger partial charge in [0.25, 0.3) is 0 Å². The van der Waals surface area contributed by atoms with Crippen molar-refractivity contribution in [1.29, 1.82) is 0 Å². The van der Waals surface area contributed by atoms with Crippen LogP contribution in [0.4, 0.5) is 0 Å². The number of ether oxygens (including phenoxy) is 1. The first-order chi connectivity index (χ1) is 5.34. The molecule has 3 nitrogen and oxygen atoms in total. The van der Waals surface area contributed by atoms with E-state index in [9.17, 15) is 5.11 Å². The summed E-state index contributed by atoms with van der Waals surface area (Å²) in [5, 5.41) is 9.22. The van der Waals surface area contributed by atoms with Crippen molar-refractivity contribution in [3.63, 3.8) is 0 Å². The number of likely N-dealkylation sites (tertiary alicyclic amines) is 1. The van der Waals surface area contributed by atoms with Crippen LogP contribution in [0.3, 0.4) is 0 Å². The van der Waals surface area contributed by atoms with E-state index in [0.717, 1.165) is 39.1 Å². The highest BCUT2D eigenvalue weighted by Gasteiger charge is 2.27. The Hall–Kier alpha value is -0.120. The van der Waals surface area contributed by atoms with Crippen LogP contribution in [0, 0.1) is 0 Å². The monoisotopic (exact) mass is 157 g/mol. The van der Waals surface area contributed by atoms with Crippen LogP contribution in [0.1, 0.15) is 12.8 Å². The Balaban J connectivity index is 1.69. The molecule has 11 heavy (non-hydrogen) atoms. The number of epoxide rings is 1. The zero-order valence-corrected chi connectivity index (χ0v) is 6.70. The lowest BCUT2D eigenvalue weighted by Gasteiger charge is -2.28. The van der Waals surface area contributed by atoms with Crippen molar-refractivity contribution in [2.45, 2.75) is 25.0 Å². The fraction of sp³-hybridized carbons (Fsp3) is 1.00. The van der Waals surface area contributed by atoms with Crippen molar-refractivity contribution in [3.8, 4) is 0 Å². The average molecular weight is 157 g/mol. The number of rotatable bonds is 2. The average Bonchev–Trinajstić information content (AvgIpc) is 2.78. The fourth-order valence-corrected chi connectivity index (χ4v) is 1.56. The van der Waals surface area contributed by atoms with Gasteiger partial charge in [-0.2, -0.15) is 0 Å². The van der Waals surface area contributed by atoms with Crippen LogP contribution in [0.25, 0.3) is 0 Å². The smallest absolute Gasteiger partial charge is 0.0936 e. The first kappa shape index (κ1) is 7.53. The molecular weight excluding hydrogens is 142 g/mol. The number of hydrogen-bond donors (Lipinski definition) is 1. The van der Waals surface area contributed by atoms with Crippen molar-refractivity contribution < 1.29 is 9.84 Å².